The molecule has 0 radical (unpaired) electrons. The lowest BCUT2D eigenvalue weighted by atomic mass is 10.1. The van der Waals surface area contributed by atoms with Crippen LogP contribution in [0.1, 0.15) is 26.3 Å². The van der Waals surface area contributed by atoms with Crippen LogP contribution in [-0.2, 0) is 5.54 Å². The third-order valence-corrected chi connectivity index (χ3v) is 2.77. The van der Waals surface area contributed by atoms with E-state index in [4.69, 9.17) is 17.5 Å². The second kappa shape index (κ2) is 3.46. The molecule has 0 fully saturated rings. The van der Waals surface area contributed by atoms with E-state index in [1.165, 1.54) is 0 Å². The summed E-state index contributed by atoms with van der Waals surface area (Å²) in [5.41, 5.74) is 2.51. The number of nitrogens with zero attached hydrogens (tertiary/aromatic N) is 2. The van der Waals surface area contributed by atoms with Crippen molar-refractivity contribution in [2.24, 2.45) is 0 Å². The summed E-state index contributed by atoms with van der Waals surface area (Å²) in [6.45, 7) is 6.28. The first-order chi connectivity index (χ1) is 7.43. The molecule has 82 valence electrons. The highest BCUT2D eigenvalue weighted by Gasteiger charge is 2.17. The van der Waals surface area contributed by atoms with Crippen molar-refractivity contribution in [1.82, 2.24) is 9.55 Å². The van der Waals surface area contributed by atoms with Crippen LogP contribution in [0.5, 0.6) is 0 Å². The van der Waals surface area contributed by atoms with Crippen LogP contribution in [0.2, 0.25) is 0 Å². The SMILES string of the molecule is CC(C)(C)n1c(=S)[nH]c2ccc(C#N)cc21. The number of nitrogens with one attached hydrogen (secondary N) is 1. The van der Waals surface area contributed by atoms with Gasteiger partial charge in [0.1, 0.15) is 0 Å². The maximum absolute atomic E-state index is 8.90. The zero-order valence-corrected chi connectivity index (χ0v) is 10.4. The summed E-state index contributed by atoms with van der Waals surface area (Å²) in [5.74, 6) is 0. The van der Waals surface area contributed by atoms with Gasteiger partial charge in [0.25, 0.3) is 0 Å². The van der Waals surface area contributed by atoms with Gasteiger partial charge in [-0.2, -0.15) is 5.26 Å². The fraction of sp³-hybridized carbons (Fsp3) is 0.333. The first-order valence-electron chi connectivity index (χ1n) is 5.09. The number of benzene rings is 1. The van der Waals surface area contributed by atoms with Crippen LogP contribution in [0.15, 0.2) is 18.2 Å². The molecule has 0 aliphatic heterocycles. The predicted octanol–water partition coefficient (Wildman–Crippen LogP) is 3.33. The number of hydrogen-bond donors (Lipinski definition) is 1. The van der Waals surface area contributed by atoms with Crippen molar-refractivity contribution in [2.45, 2.75) is 26.3 Å². The Labute approximate surface area is 99.3 Å². The average molecular weight is 231 g/mol. The van der Waals surface area contributed by atoms with Gasteiger partial charge in [-0.3, -0.25) is 0 Å². The van der Waals surface area contributed by atoms with E-state index < -0.39 is 0 Å². The highest BCUT2D eigenvalue weighted by atomic mass is 32.1. The molecule has 16 heavy (non-hydrogen) atoms. The van der Waals surface area contributed by atoms with Crippen molar-refractivity contribution < 1.29 is 0 Å². The summed E-state index contributed by atoms with van der Waals surface area (Å²) in [6, 6.07) is 7.70. The number of hydrogen-bond acceptors (Lipinski definition) is 2. The molecule has 0 atom stereocenters. The van der Waals surface area contributed by atoms with Gasteiger partial charge in [-0.05, 0) is 51.2 Å². The number of H-pyrrole nitrogens is 1. The lowest BCUT2D eigenvalue weighted by Crippen LogP contribution is -2.21. The van der Waals surface area contributed by atoms with Crippen molar-refractivity contribution in [1.29, 1.82) is 5.26 Å². The summed E-state index contributed by atoms with van der Waals surface area (Å²) in [7, 11) is 0. The summed E-state index contributed by atoms with van der Waals surface area (Å²) in [4.78, 5) is 3.15. The van der Waals surface area contributed by atoms with E-state index >= 15 is 0 Å². The number of nitriles is 1. The molecular formula is C12H13N3S. The van der Waals surface area contributed by atoms with Crippen molar-refractivity contribution in [3.63, 3.8) is 0 Å². The van der Waals surface area contributed by atoms with E-state index in [-0.39, 0.29) is 5.54 Å². The highest BCUT2D eigenvalue weighted by molar-refractivity contribution is 7.71. The first-order valence-corrected chi connectivity index (χ1v) is 5.49. The topological polar surface area (TPSA) is 44.5 Å². The molecule has 0 unspecified atom stereocenters. The number of imidazole rings is 1. The lowest BCUT2D eigenvalue weighted by molar-refractivity contribution is 0.404. The molecule has 4 heteroatoms. The van der Waals surface area contributed by atoms with Crippen LogP contribution in [0.4, 0.5) is 0 Å². The van der Waals surface area contributed by atoms with Crippen LogP contribution in [0.3, 0.4) is 0 Å². The minimum absolute atomic E-state index is 0.0938. The van der Waals surface area contributed by atoms with Gasteiger partial charge in [0, 0.05) is 5.54 Å². The number of rotatable bonds is 0. The fourth-order valence-electron chi connectivity index (χ4n) is 1.84. The molecule has 1 aromatic carbocycles. The normalized spacial score (nSPS) is 11.6. The first kappa shape index (κ1) is 10.9. The maximum atomic E-state index is 8.90. The molecule has 1 aromatic heterocycles. The highest BCUT2D eigenvalue weighted by Crippen LogP contribution is 2.23. The van der Waals surface area contributed by atoms with E-state index in [0.29, 0.717) is 10.3 Å². The van der Waals surface area contributed by atoms with Crippen LogP contribution in [0.25, 0.3) is 11.0 Å². The fourth-order valence-corrected chi connectivity index (χ4v) is 2.32. The maximum Gasteiger partial charge on any atom is 0.178 e. The molecule has 2 rings (SSSR count). The van der Waals surface area contributed by atoms with Crippen LogP contribution >= 0.6 is 12.2 Å². The van der Waals surface area contributed by atoms with Gasteiger partial charge >= 0.3 is 0 Å². The minimum atomic E-state index is -0.0938. The molecular weight excluding hydrogens is 218 g/mol. The summed E-state index contributed by atoms with van der Waals surface area (Å²) >= 11 is 5.31. The molecule has 0 saturated carbocycles. The third kappa shape index (κ3) is 1.63. The Morgan fingerprint density at radius 1 is 1.38 bits per heavy atom. The summed E-state index contributed by atoms with van der Waals surface area (Å²) in [6.07, 6.45) is 0. The van der Waals surface area contributed by atoms with Gasteiger partial charge in [0.2, 0.25) is 0 Å². The number of fused-ring (bicyclic) bond motifs is 1. The van der Waals surface area contributed by atoms with E-state index in [1.807, 2.05) is 16.7 Å². The molecule has 0 bridgehead atoms. The Hall–Kier alpha value is -1.60. The predicted molar refractivity (Wildman–Crippen MR) is 66.8 cm³/mol. The van der Waals surface area contributed by atoms with E-state index in [0.717, 1.165) is 11.0 Å². The monoisotopic (exact) mass is 231 g/mol. The van der Waals surface area contributed by atoms with Gasteiger partial charge in [-0.25, -0.2) is 0 Å². The lowest BCUT2D eigenvalue weighted by Gasteiger charge is -2.21. The van der Waals surface area contributed by atoms with E-state index in [2.05, 4.69) is 31.8 Å². The molecule has 2 aromatic rings. The quantitative estimate of drug-likeness (QED) is 0.707. The molecule has 1 heterocycles. The third-order valence-electron chi connectivity index (χ3n) is 2.48. The standard InChI is InChI=1S/C12H13N3S/c1-12(2,3)15-10-6-8(7-13)4-5-9(10)14-11(15)16/h4-6H,1-3H3,(H,14,16). The second-order valence-corrected chi connectivity index (χ2v) is 5.17. The minimum Gasteiger partial charge on any atom is -0.331 e. The van der Waals surface area contributed by atoms with Crippen molar-refractivity contribution in [2.75, 3.05) is 0 Å². The Kier molecular flexibility index (Phi) is 2.36. The van der Waals surface area contributed by atoms with Crippen molar-refractivity contribution in [3.05, 3.63) is 28.5 Å². The molecule has 3 nitrogen and oxygen atoms in total. The van der Waals surface area contributed by atoms with Crippen LogP contribution in [-0.4, -0.2) is 9.55 Å². The number of aromatic amines is 1. The zero-order valence-electron chi connectivity index (χ0n) is 9.53. The second-order valence-electron chi connectivity index (χ2n) is 4.78. The number of aromatic nitrogens is 2. The molecule has 0 spiro atoms. The van der Waals surface area contributed by atoms with E-state index in [9.17, 15) is 0 Å². The Bertz CT molecular complexity index is 635. The summed E-state index contributed by atoms with van der Waals surface area (Å²) in [5, 5.41) is 8.90. The molecule has 1 N–H and O–H groups in total. The Morgan fingerprint density at radius 3 is 2.62 bits per heavy atom. The van der Waals surface area contributed by atoms with Gasteiger partial charge in [-0.1, -0.05) is 0 Å². The van der Waals surface area contributed by atoms with Crippen LogP contribution in [0, 0.1) is 16.1 Å². The van der Waals surface area contributed by atoms with Gasteiger partial charge in [-0.15, -0.1) is 0 Å². The molecule has 0 aliphatic rings. The van der Waals surface area contributed by atoms with Gasteiger partial charge in [0.05, 0.1) is 22.7 Å². The van der Waals surface area contributed by atoms with E-state index in [1.54, 1.807) is 6.07 Å². The summed E-state index contributed by atoms with van der Waals surface area (Å²) < 4.78 is 2.73. The van der Waals surface area contributed by atoms with Gasteiger partial charge < -0.3 is 9.55 Å². The van der Waals surface area contributed by atoms with Crippen LogP contribution < -0.4 is 0 Å². The molecule has 0 saturated heterocycles. The van der Waals surface area contributed by atoms with Crippen molar-refractivity contribution in [3.8, 4) is 6.07 Å². The zero-order chi connectivity index (χ0) is 11.9. The molecule has 0 amide bonds. The largest absolute Gasteiger partial charge is 0.331 e. The smallest absolute Gasteiger partial charge is 0.178 e. The van der Waals surface area contributed by atoms with Crippen molar-refractivity contribution >= 4 is 23.3 Å². The Balaban J connectivity index is 2.88. The molecule has 0 aliphatic carbocycles. The van der Waals surface area contributed by atoms with Gasteiger partial charge in [0.15, 0.2) is 4.77 Å². The average Bonchev–Trinajstić information content (AvgIpc) is 2.51. The Morgan fingerprint density at radius 2 is 2.06 bits per heavy atom.